The lowest BCUT2D eigenvalue weighted by Crippen LogP contribution is -2.44. The van der Waals surface area contributed by atoms with E-state index in [1.165, 1.54) is 5.69 Å². The lowest BCUT2D eigenvalue weighted by Gasteiger charge is -2.34. The fourth-order valence-corrected chi connectivity index (χ4v) is 2.24. The van der Waals surface area contributed by atoms with E-state index in [9.17, 15) is 0 Å². The zero-order chi connectivity index (χ0) is 12.4. The third-order valence-electron chi connectivity index (χ3n) is 3.32. The number of halogens is 1. The number of benzene rings is 1. The van der Waals surface area contributed by atoms with E-state index in [0.29, 0.717) is 0 Å². The van der Waals surface area contributed by atoms with Crippen molar-refractivity contribution in [3.05, 3.63) is 30.6 Å². The molecule has 0 unspecified atom stereocenters. The van der Waals surface area contributed by atoms with Crippen LogP contribution in [0.15, 0.2) is 30.6 Å². The number of hydrogen-bond donors (Lipinski definition) is 0. The first-order valence-electron chi connectivity index (χ1n) is 6.10. The summed E-state index contributed by atoms with van der Waals surface area (Å²) in [7, 11) is 2.16. The Morgan fingerprint density at radius 3 is 2.32 bits per heavy atom. The molecule has 0 aliphatic carbocycles. The fraction of sp³-hybridized carbons (Fsp3) is 0.417. The standard InChI is InChI=1S/C12H16N6.ClH/c1-16-6-8-17(9-7-16)11-4-2-3-5-12(11)18-10-13-14-15-18;/h2-5,10H,6-9H2,1H3;1H. The van der Waals surface area contributed by atoms with E-state index in [-0.39, 0.29) is 12.4 Å². The molecule has 102 valence electrons. The molecule has 0 saturated carbocycles. The highest BCUT2D eigenvalue weighted by atomic mass is 35.5. The van der Waals surface area contributed by atoms with Crippen molar-refractivity contribution in [3.63, 3.8) is 0 Å². The van der Waals surface area contributed by atoms with Crippen molar-refractivity contribution in [2.45, 2.75) is 0 Å². The number of nitrogens with zero attached hydrogens (tertiary/aromatic N) is 6. The summed E-state index contributed by atoms with van der Waals surface area (Å²) in [6, 6.07) is 8.24. The van der Waals surface area contributed by atoms with Gasteiger partial charge in [0.2, 0.25) is 0 Å². The summed E-state index contributed by atoms with van der Waals surface area (Å²) in [5, 5.41) is 11.4. The molecule has 19 heavy (non-hydrogen) atoms. The van der Waals surface area contributed by atoms with E-state index >= 15 is 0 Å². The number of aromatic nitrogens is 4. The minimum Gasteiger partial charge on any atom is -0.367 e. The summed E-state index contributed by atoms with van der Waals surface area (Å²) in [6.07, 6.45) is 1.63. The van der Waals surface area contributed by atoms with Gasteiger partial charge >= 0.3 is 0 Å². The maximum atomic E-state index is 3.98. The SMILES string of the molecule is CN1CCN(c2ccccc2-n2cnnn2)CC1.Cl. The van der Waals surface area contributed by atoms with Gasteiger partial charge in [-0.15, -0.1) is 17.5 Å². The Labute approximate surface area is 118 Å². The number of piperazine rings is 1. The highest BCUT2D eigenvalue weighted by Gasteiger charge is 2.17. The van der Waals surface area contributed by atoms with Gasteiger partial charge in [-0.05, 0) is 29.6 Å². The van der Waals surface area contributed by atoms with Crippen LogP contribution in [0.3, 0.4) is 0 Å². The monoisotopic (exact) mass is 280 g/mol. The Morgan fingerprint density at radius 1 is 1.00 bits per heavy atom. The highest BCUT2D eigenvalue weighted by Crippen LogP contribution is 2.24. The minimum atomic E-state index is 0. The molecule has 1 fully saturated rings. The Hall–Kier alpha value is -1.66. The van der Waals surface area contributed by atoms with Crippen molar-refractivity contribution in [1.29, 1.82) is 0 Å². The maximum absolute atomic E-state index is 3.98. The number of hydrogen-bond acceptors (Lipinski definition) is 5. The van der Waals surface area contributed by atoms with Crippen molar-refractivity contribution < 1.29 is 0 Å². The smallest absolute Gasteiger partial charge is 0.143 e. The molecule has 1 aromatic carbocycles. The second-order valence-corrected chi connectivity index (χ2v) is 4.53. The predicted octanol–water partition coefficient (Wildman–Crippen LogP) is 0.836. The molecule has 0 radical (unpaired) electrons. The van der Waals surface area contributed by atoms with E-state index in [2.05, 4.69) is 44.5 Å². The van der Waals surface area contributed by atoms with E-state index < -0.39 is 0 Å². The quantitative estimate of drug-likeness (QED) is 0.816. The summed E-state index contributed by atoms with van der Waals surface area (Å²) in [4.78, 5) is 4.73. The van der Waals surface area contributed by atoms with E-state index in [1.54, 1.807) is 11.0 Å². The van der Waals surface area contributed by atoms with Crippen molar-refractivity contribution >= 4 is 18.1 Å². The van der Waals surface area contributed by atoms with E-state index in [4.69, 9.17) is 0 Å². The summed E-state index contributed by atoms with van der Waals surface area (Å²) in [5.74, 6) is 0. The van der Waals surface area contributed by atoms with Crippen molar-refractivity contribution in [3.8, 4) is 5.69 Å². The van der Waals surface area contributed by atoms with Crippen LogP contribution in [-0.4, -0.2) is 58.3 Å². The molecule has 1 aromatic heterocycles. The number of tetrazole rings is 1. The van der Waals surface area contributed by atoms with Gasteiger partial charge in [-0.1, -0.05) is 12.1 Å². The molecule has 2 aromatic rings. The molecule has 2 heterocycles. The second kappa shape index (κ2) is 5.99. The lowest BCUT2D eigenvalue weighted by atomic mass is 10.2. The number of likely N-dealkylation sites (N-methyl/N-ethyl adjacent to an activating group) is 1. The van der Waals surface area contributed by atoms with Crippen LogP contribution < -0.4 is 4.90 Å². The molecule has 6 nitrogen and oxygen atoms in total. The fourth-order valence-electron chi connectivity index (χ4n) is 2.24. The van der Waals surface area contributed by atoms with Gasteiger partial charge in [0.05, 0.1) is 11.4 Å². The topological polar surface area (TPSA) is 50.1 Å². The number of para-hydroxylation sites is 2. The molecule has 0 spiro atoms. The van der Waals surface area contributed by atoms with Gasteiger partial charge in [0, 0.05) is 26.2 Å². The molecule has 0 atom stereocenters. The molecular formula is C12H17ClN6. The van der Waals surface area contributed by atoms with Crippen LogP contribution in [0.4, 0.5) is 5.69 Å². The first kappa shape index (κ1) is 13.8. The van der Waals surface area contributed by atoms with Gasteiger partial charge in [0.25, 0.3) is 0 Å². The Balaban J connectivity index is 0.00000133. The van der Waals surface area contributed by atoms with Gasteiger partial charge in [-0.2, -0.15) is 4.68 Å². The molecule has 1 aliphatic rings. The van der Waals surface area contributed by atoms with Crippen molar-refractivity contribution in [2.75, 3.05) is 38.1 Å². The van der Waals surface area contributed by atoms with Crippen LogP contribution in [0, 0.1) is 0 Å². The van der Waals surface area contributed by atoms with Crippen molar-refractivity contribution in [2.24, 2.45) is 0 Å². The van der Waals surface area contributed by atoms with Crippen LogP contribution in [0.1, 0.15) is 0 Å². The van der Waals surface area contributed by atoms with Crippen LogP contribution in [0.25, 0.3) is 5.69 Å². The van der Waals surface area contributed by atoms with E-state index in [0.717, 1.165) is 31.9 Å². The maximum Gasteiger partial charge on any atom is 0.143 e. The molecule has 1 saturated heterocycles. The minimum absolute atomic E-state index is 0. The van der Waals surface area contributed by atoms with E-state index in [1.807, 2.05) is 12.1 Å². The lowest BCUT2D eigenvalue weighted by molar-refractivity contribution is 0.313. The molecule has 0 amide bonds. The largest absolute Gasteiger partial charge is 0.367 e. The van der Waals surface area contributed by atoms with Crippen LogP contribution >= 0.6 is 12.4 Å². The van der Waals surface area contributed by atoms with Gasteiger partial charge < -0.3 is 9.80 Å². The first-order valence-corrected chi connectivity index (χ1v) is 6.10. The van der Waals surface area contributed by atoms with Gasteiger partial charge in [-0.3, -0.25) is 0 Å². The van der Waals surface area contributed by atoms with Crippen LogP contribution in [0.5, 0.6) is 0 Å². The molecule has 1 aliphatic heterocycles. The summed E-state index contributed by atoms with van der Waals surface area (Å²) >= 11 is 0. The third kappa shape index (κ3) is 2.85. The van der Waals surface area contributed by atoms with Gasteiger partial charge in [-0.25, -0.2) is 0 Å². The Morgan fingerprint density at radius 2 is 1.68 bits per heavy atom. The summed E-state index contributed by atoms with van der Waals surface area (Å²) in [5.41, 5.74) is 2.23. The number of rotatable bonds is 2. The zero-order valence-electron chi connectivity index (χ0n) is 10.8. The third-order valence-corrected chi connectivity index (χ3v) is 3.32. The molecular weight excluding hydrogens is 264 g/mol. The Kier molecular flexibility index (Phi) is 4.34. The van der Waals surface area contributed by atoms with Crippen molar-refractivity contribution in [1.82, 2.24) is 25.1 Å². The average molecular weight is 281 g/mol. The van der Waals surface area contributed by atoms with Gasteiger partial charge in [0.1, 0.15) is 6.33 Å². The van der Waals surface area contributed by atoms with Crippen LogP contribution in [-0.2, 0) is 0 Å². The second-order valence-electron chi connectivity index (χ2n) is 4.53. The molecule has 0 N–H and O–H groups in total. The highest BCUT2D eigenvalue weighted by molar-refractivity contribution is 5.85. The first-order chi connectivity index (χ1) is 8.84. The Bertz CT molecular complexity index is 507. The van der Waals surface area contributed by atoms with Gasteiger partial charge in [0.15, 0.2) is 0 Å². The molecule has 0 bridgehead atoms. The average Bonchev–Trinajstić information content (AvgIpc) is 2.93. The molecule has 7 heteroatoms. The van der Waals surface area contributed by atoms with Crippen LogP contribution in [0.2, 0.25) is 0 Å². The summed E-state index contributed by atoms with van der Waals surface area (Å²) in [6.45, 7) is 4.25. The summed E-state index contributed by atoms with van der Waals surface area (Å²) < 4.78 is 1.72. The zero-order valence-corrected chi connectivity index (χ0v) is 11.6. The normalized spacial score (nSPS) is 16.2. The number of anilines is 1. The predicted molar refractivity (Wildman–Crippen MR) is 76.1 cm³/mol. The molecule has 3 rings (SSSR count).